The Hall–Kier alpha value is -1.03. The van der Waals surface area contributed by atoms with Gasteiger partial charge in [0.1, 0.15) is 0 Å². The first-order valence-electron chi connectivity index (χ1n) is 6.89. The lowest BCUT2D eigenvalue weighted by Gasteiger charge is -2.11. The molecule has 0 spiro atoms. The Kier molecular flexibility index (Phi) is 4.29. The van der Waals surface area contributed by atoms with Crippen molar-refractivity contribution >= 4 is 28.7 Å². The van der Waals surface area contributed by atoms with Crippen molar-refractivity contribution in [1.29, 1.82) is 0 Å². The maximum absolute atomic E-state index is 2.41. The molecule has 0 unspecified atom stereocenters. The zero-order valence-electron chi connectivity index (χ0n) is 11.9. The fourth-order valence-corrected chi connectivity index (χ4v) is 4.61. The predicted molar refractivity (Wildman–Crippen MR) is 90.6 cm³/mol. The number of hydrogen-bond donors (Lipinski definition) is 0. The summed E-state index contributed by atoms with van der Waals surface area (Å²) in [5.41, 5.74) is 5.71. The Balaban J connectivity index is 2.03. The van der Waals surface area contributed by atoms with Crippen molar-refractivity contribution in [2.75, 3.05) is 20.6 Å². The van der Waals surface area contributed by atoms with Crippen LogP contribution in [0.4, 0.5) is 0 Å². The number of nitrogens with zero attached hydrogens (tertiary/aromatic N) is 1. The monoisotopic (exact) mass is 301 g/mol. The van der Waals surface area contributed by atoms with Gasteiger partial charge in [-0.3, -0.25) is 0 Å². The molecule has 3 heteroatoms. The first-order chi connectivity index (χ1) is 9.75. The summed E-state index contributed by atoms with van der Waals surface area (Å²) in [4.78, 5) is 2.24. The highest BCUT2D eigenvalue weighted by Gasteiger charge is 2.18. The van der Waals surface area contributed by atoms with Crippen molar-refractivity contribution in [2.24, 2.45) is 0 Å². The minimum atomic E-state index is 1.08. The van der Waals surface area contributed by atoms with Crippen LogP contribution in [0.15, 0.2) is 46.0 Å². The molecule has 1 aliphatic heterocycles. The van der Waals surface area contributed by atoms with E-state index < -0.39 is 0 Å². The van der Waals surface area contributed by atoms with Crippen LogP contribution in [0, 0.1) is 0 Å². The van der Waals surface area contributed by atoms with Gasteiger partial charge in [0.2, 0.25) is 0 Å². The van der Waals surface area contributed by atoms with Crippen LogP contribution in [0.1, 0.15) is 23.1 Å². The highest BCUT2D eigenvalue weighted by Crippen LogP contribution is 2.42. The van der Waals surface area contributed by atoms with E-state index in [-0.39, 0.29) is 0 Å². The predicted octanol–water partition coefficient (Wildman–Crippen LogP) is 4.74. The third kappa shape index (κ3) is 2.85. The molecule has 1 nitrogen and oxygen atoms in total. The van der Waals surface area contributed by atoms with Gasteiger partial charge in [0.05, 0.1) is 4.21 Å². The van der Waals surface area contributed by atoms with Crippen LogP contribution >= 0.6 is 23.1 Å². The SMILES string of the molecule is CN(C)CC/C=C1\c2ccccc2CSc2sccc21. The molecule has 0 aliphatic carbocycles. The van der Waals surface area contributed by atoms with Crippen LogP contribution in [-0.2, 0) is 5.75 Å². The molecule has 0 fully saturated rings. The van der Waals surface area contributed by atoms with Crippen molar-refractivity contribution in [1.82, 2.24) is 4.90 Å². The van der Waals surface area contributed by atoms with E-state index in [1.807, 2.05) is 23.1 Å². The number of thioether (sulfide) groups is 1. The van der Waals surface area contributed by atoms with Crippen molar-refractivity contribution < 1.29 is 0 Å². The molecule has 0 atom stereocenters. The van der Waals surface area contributed by atoms with E-state index in [4.69, 9.17) is 0 Å². The van der Waals surface area contributed by atoms with E-state index in [2.05, 4.69) is 60.8 Å². The lowest BCUT2D eigenvalue weighted by atomic mass is 9.95. The summed E-state index contributed by atoms with van der Waals surface area (Å²) in [6.07, 6.45) is 3.51. The lowest BCUT2D eigenvalue weighted by Crippen LogP contribution is -2.12. The minimum absolute atomic E-state index is 1.08. The summed E-state index contributed by atoms with van der Waals surface area (Å²) in [5.74, 6) is 1.08. The minimum Gasteiger partial charge on any atom is -0.309 e. The van der Waals surface area contributed by atoms with Gasteiger partial charge < -0.3 is 4.90 Å². The Morgan fingerprint density at radius 3 is 2.85 bits per heavy atom. The third-order valence-electron chi connectivity index (χ3n) is 3.51. The van der Waals surface area contributed by atoms with Gasteiger partial charge in [-0.1, -0.05) is 30.3 Å². The van der Waals surface area contributed by atoms with Gasteiger partial charge in [0, 0.05) is 17.9 Å². The van der Waals surface area contributed by atoms with E-state index in [1.165, 1.54) is 26.5 Å². The van der Waals surface area contributed by atoms with Gasteiger partial charge in [-0.05, 0) is 48.7 Å². The first kappa shape index (κ1) is 13.9. The molecule has 0 saturated heterocycles. The molecular weight excluding hydrogens is 282 g/mol. The van der Waals surface area contributed by atoms with Gasteiger partial charge in [-0.15, -0.1) is 23.1 Å². The summed E-state index contributed by atoms with van der Waals surface area (Å²) in [5, 5.41) is 2.21. The highest BCUT2D eigenvalue weighted by molar-refractivity contribution is 8.00. The molecule has 0 bridgehead atoms. The number of rotatable bonds is 3. The quantitative estimate of drug-likeness (QED) is 0.806. The van der Waals surface area contributed by atoms with Crippen LogP contribution in [0.25, 0.3) is 5.57 Å². The van der Waals surface area contributed by atoms with E-state index in [1.54, 1.807) is 0 Å². The average molecular weight is 301 g/mol. The Labute approximate surface area is 129 Å². The summed E-state index contributed by atoms with van der Waals surface area (Å²) in [6.45, 7) is 1.10. The van der Waals surface area contributed by atoms with Gasteiger partial charge in [0.25, 0.3) is 0 Å². The molecule has 2 heterocycles. The normalized spacial score (nSPS) is 16.1. The van der Waals surface area contributed by atoms with Crippen molar-refractivity contribution in [3.63, 3.8) is 0 Å². The zero-order chi connectivity index (χ0) is 13.9. The fraction of sp³-hybridized carbons (Fsp3) is 0.294. The molecule has 0 amide bonds. The van der Waals surface area contributed by atoms with Crippen LogP contribution in [0.3, 0.4) is 0 Å². The standard InChI is InChI=1S/C17H19NS2/c1-18(2)10-5-8-15-14-7-4-3-6-13(14)12-20-17-16(15)9-11-19-17/h3-4,6-9,11H,5,10,12H2,1-2H3/b15-8+. The Morgan fingerprint density at radius 1 is 1.15 bits per heavy atom. The van der Waals surface area contributed by atoms with E-state index in [0.717, 1.165) is 18.7 Å². The number of thiophene rings is 1. The summed E-state index contributed by atoms with van der Waals surface area (Å²) in [6, 6.07) is 11.1. The van der Waals surface area contributed by atoms with Gasteiger partial charge >= 0.3 is 0 Å². The second kappa shape index (κ2) is 6.17. The van der Waals surface area contributed by atoms with Crippen molar-refractivity contribution in [3.8, 4) is 0 Å². The molecule has 1 aliphatic rings. The molecule has 0 N–H and O–H groups in total. The maximum Gasteiger partial charge on any atom is 0.0680 e. The number of fused-ring (bicyclic) bond motifs is 2. The summed E-state index contributed by atoms with van der Waals surface area (Å²) in [7, 11) is 4.26. The first-order valence-corrected chi connectivity index (χ1v) is 8.76. The second-order valence-electron chi connectivity index (χ2n) is 5.28. The van der Waals surface area contributed by atoms with Crippen LogP contribution in [0.5, 0.6) is 0 Å². The molecule has 0 radical (unpaired) electrons. The molecule has 0 saturated carbocycles. The van der Waals surface area contributed by atoms with Crippen molar-refractivity contribution in [2.45, 2.75) is 16.4 Å². The maximum atomic E-state index is 2.41. The van der Waals surface area contributed by atoms with E-state index in [9.17, 15) is 0 Å². The molecule has 3 rings (SSSR count). The summed E-state index contributed by atoms with van der Waals surface area (Å²) < 4.78 is 1.46. The fourth-order valence-electron chi connectivity index (χ4n) is 2.49. The van der Waals surface area contributed by atoms with Crippen LogP contribution in [0.2, 0.25) is 0 Å². The molecule has 1 aromatic carbocycles. The molecule has 1 aromatic heterocycles. The van der Waals surface area contributed by atoms with Crippen molar-refractivity contribution in [3.05, 3.63) is 58.5 Å². The van der Waals surface area contributed by atoms with Crippen LogP contribution < -0.4 is 0 Å². The third-order valence-corrected chi connectivity index (χ3v) is 5.80. The van der Waals surface area contributed by atoms with Gasteiger partial charge in [-0.2, -0.15) is 0 Å². The highest BCUT2D eigenvalue weighted by atomic mass is 32.2. The molecule has 2 aromatic rings. The van der Waals surface area contributed by atoms with Gasteiger partial charge in [-0.25, -0.2) is 0 Å². The lowest BCUT2D eigenvalue weighted by molar-refractivity contribution is 0.417. The molecule has 20 heavy (non-hydrogen) atoms. The zero-order valence-corrected chi connectivity index (χ0v) is 13.6. The molecular formula is C17H19NS2. The van der Waals surface area contributed by atoms with E-state index >= 15 is 0 Å². The summed E-state index contributed by atoms with van der Waals surface area (Å²) >= 11 is 3.83. The average Bonchev–Trinajstić information content (AvgIpc) is 2.84. The topological polar surface area (TPSA) is 3.24 Å². The van der Waals surface area contributed by atoms with E-state index in [0.29, 0.717) is 0 Å². The number of hydrogen-bond acceptors (Lipinski definition) is 3. The molecule has 104 valence electrons. The second-order valence-corrected chi connectivity index (χ2v) is 7.44. The smallest absolute Gasteiger partial charge is 0.0680 e. The number of benzene rings is 1. The largest absolute Gasteiger partial charge is 0.309 e. The Morgan fingerprint density at radius 2 is 2.00 bits per heavy atom. The van der Waals surface area contributed by atoms with Crippen LogP contribution in [-0.4, -0.2) is 25.5 Å². The Bertz CT molecular complexity index is 625. The van der Waals surface area contributed by atoms with Gasteiger partial charge in [0.15, 0.2) is 0 Å².